The van der Waals surface area contributed by atoms with Gasteiger partial charge < -0.3 is 15.2 Å². The number of benzene rings is 1. The highest BCUT2D eigenvalue weighted by atomic mass is 15.1. The number of nitrogens with zero attached hydrogens (tertiary/aromatic N) is 2. The maximum absolute atomic E-state index is 5.53. The number of aryl methyl sites for hydroxylation is 1. The van der Waals surface area contributed by atoms with Crippen LogP contribution in [0.4, 0.5) is 0 Å². The van der Waals surface area contributed by atoms with Crippen molar-refractivity contribution in [3.05, 3.63) is 36.0 Å². The van der Waals surface area contributed by atoms with E-state index in [-0.39, 0.29) is 0 Å². The molecule has 3 nitrogen and oxygen atoms in total. The number of aromatic nitrogens is 1. The molecule has 2 N–H and O–H groups in total. The molecule has 0 amide bonds. The molecule has 3 heteroatoms. The fourth-order valence-corrected chi connectivity index (χ4v) is 2.41. The first-order valence-corrected chi connectivity index (χ1v) is 6.64. The largest absolute Gasteiger partial charge is 0.350 e. The van der Waals surface area contributed by atoms with E-state index in [1.54, 1.807) is 0 Å². The molecule has 1 aromatic carbocycles. The average Bonchev–Trinajstić information content (AvgIpc) is 2.71. The summed E-state index contributed by atoms with van der Waals surface area (Å²) in [4.78, 5) is 2.36. The van der Waals surface area contributed by atoms with Crippen LogP contribution in [0.25, 0.3) is 10.9 Å². The van der Waals surface area contributed by atoms with Crippen molar-refractivity contribution in [2.24, 2.45) is 12.8 Å². The van der Waals surface area contributed by atoms with Gasteiger partial charge in [-0.3, -0.25) is 0 Å². The number of para-hydroxylation sites is 1. The van der Waals surface area contributed by atoms with Crippen molar-refractivity contribution in [2.45, 2.75) is 12.8 Å². The van der Waals surface area contributed by atoms with Crippen LogP contribution in [-0.2, 0) is 13.5 Å². The maximum atomic E-state index is 5.53. The third-order valence-electron chi connectivity index (χ3n) is 3.49. The quantitative estimate of drug-likeness (QED) is 0.844. The second-order valence-corrected chi connectivity index (χ2v) is 4.98. The van der Waals surface area contributed by atoms with Gasteiger partial charge in [-0.1, -0.05) is 18.2 Å². The van der Waals surface area contributed by atoms with Gasteiger partial charge in [-0.15, -0.1) is 0 Å². The molecule has 1 heterocycles. The fourth-order valence-electron chi connectivity index (χ4n) is 2.41. The first-order chi connectivity index (χ1) is 8.72. The van der Waals surface area contributed by atoms with Gasteiger partial charge in [0.05, 0.1) is 0 Å². The first kappa shape index (κ1) is 13.1. The summed E-state index contributed by atoms with van der Waals surface area (Å²) in [5.41, 5.74) is 8.29. The lowest BCUT2D eigenvalue weighted by atomic mass is 10.1. The minimum absolute atomic E-state index is 0.776. The lowest BCUT2D eigenvalue weighted by Crippen LogP contribution is -2.24. The highest BCUT2D eigenvalue weighted by Crippen LogP contribution is 2.20. The predicted octanol–water partition coefficient (Wildman–Crippen LogP) is 2.00. The summed E-state index contributed by atoms with van der Waals surface area (Å²) in [6, 6.07) is 8.60. The summed E-state index contributed by atoms with van der Waals surface area (Å²) in [5, 5.41) is 1.38. The highest BCUT2D eigenvalue weighted by Gasteiger charge is 2.06. The highest BCUT2D eigenvalue weighted by molar-refractivity contribution is 5.83. The lowest BCUT2D eigenvalue weighted by molar-refractivity contribution is 0.336. The zero-order valence-electron chi connectivity index (χ0n) is 11.4. The maximum Gasteiger partial charge on any atom is 0.0480 e. The second kappa shape index (κ2) is 6.03. The third-order valence-corrected chi connectivity index (χ3v) is 3.49. The summed E-state index contributed by atoms with van der Waals surface area (Å²) in [7, 11) is 4.28. The number of hydrogen-bond acceptors (Lipinski definition) is 2. The average molecular weight is 245 g/mol. The monoisotopic (exact) mass is 245 g/mol. The van der Waals surface area contributed by atoms with E-state index in [1.807, 2.05) is 0 Å². The number of hydrogen-bond donors (Lipinski definition) is 1. The van der Waals surface area contributed by atoms with E-state index in [0.29, 0.717) is 0 Å². The Morgan fingerprint density at radius 3 is 2.78 bits per heavy atom. The van der Waals surface area contributed by atoms with Crippen molar-refractivity contribution in [1.82, 2.24) is 9.47 Å². The van der Waals surface area contributed by atoms with E-state index in [9.17, 15) is 0 Å². The van der Waals surface area contributed by atoms with Gasteiger partial charge in [0.25, 0.3) is 0 Å². The number of rotatable bonds is 6. The fraction of sp³-hybridized carbons (Fsp3) is 0.467. The SMILES string of the molecule is CN(CCCN)CCc1cn(C)c2ccccc12. The Kier molecular flexibility index (Phi) is 4.39. The molecule has 0 fully saturated rings. The Morgan fingerprint density at radius 2 is 2.00 bits per heavy atom. The molecule has 1 aromatic heterocycles. The van der Waals surface area contributed by atoms with Gasteiger partial charge in [-0.25, -0.2) is 0 Å². The molecule has 0 aliphatic rings. The number of nitrogens with two attached hydrogens (primary N) is 1. The normalized spacial score (nSPS) is 11.6. The zero-order chi connectivity index (χ0) is 13.0. The summed E-state index contributed by atoms with van der Waals surface area (Å²) in [6.07, 6.45) is 4.43. The van der Waals surface area contributed by atoms with Gasteiger partial charge in [-0.05, 0) is 44.6 Å². The zero-order valence-corrected chi connectivity index (χ0v) is 11.4. The van der Waals surface area contributed by atoms with Crippen LogP contribution >= 0.6 is 0 Å². The molecular weight excluding hydrogens is 222 g/mol. The molecule has 18 heavy (non-hydrogen) atoms. The van der Waals surface area contributed by atoms with Gasteiger partial charge >= 0.3 is 0 Å². The molecule has 0 aliphatic carbocycles. The first-order valence-electron chi connectivity index (χ1n) is 6.64. The molecule has 0 unspecified atom stereocenters. The Labute approximate surface area is 109 Å². The molecular formula is C15H23N3. The van der Waals surface area contributed by atoms with Gasteiger partial charge in [0.2, 0.25) is 0 Å². The Balaban J connectivity index is 2.03. The van der Waals surface area contributed by atoms with Crippen LogP contribution in [0.2, 0.25) is 0 Å². The minimum Gasteiger partial charge on any atom is -0.350 e. The van der Waals surface area contributed by atoms with E-state index in [1.165, 1.54) is 16.5 Å². The van der Waals surface area contributed by atoms with Gasteiger partial charge in [0.15, 0.2) is 0 Å². The van der Waals surface area contributed by atoms with Crippen LogP contribution < -0.4 is 5.73 Å². The summed E-state index contributed by atoms with van der Waals surface area (Å²) >= 11 is 0. The second-order valence-electron chi connectivity index (χ2n) is 4.98. The Bertz CT molecular complexity index is 501. The van der Waals surface area contributed by atoms with Crippen molar-refractivity contribution < 1.29 is 0 Å². The van der Waals surface area contributed by atoms with Crippen LogP contribution in [0.3, 0.4) is 0 Å². The molecule has 0 saturated carbocycles. The summed E-state index contributed by atoms with van der Waals surface area (Å²) in [5.74, 6) is 0. The molecule has 0 aliphatic heterocycles. The number of likely N-dealkylation sites (N-methyl/N-ethyl adjacent to an activating group) is 1. The van der Waals surface area contributed by atoms with Crippen molar-refractivity contribution >= 4 is 10.9 Å². The van der Waals surface area contributed by atoms with Crippen LogP contribution in [0, 0.1) is 0 Å². The van der Waals surface area contributed by atoms with Crippen LogP contribution in [-0.4, -0.2) is 36.1 Å². The van der Waals surface area contributed by atoms with Gasteiger partial charge in [0.1, 0.15) is 0 Å². The number of fused-ring (bicyclic) bond motifs is 1. The third kappa shape index (κ3) is 2.92. The van der Waals surface area contributed by atoms with E-state index in [4.69, 9.17) is 5.73 Å². The molecule has 2 aromatic rings. The van der Waals surface area contributed by atoms with Crippen molar-refractivity contribution in [1.29, 1.82) is 0 Å². The van der Waals surface area contributed by atoms with Crippen molar-refractivity contribution in [3.8, 4) is 0 Å². The minimum atomic E-state index is 0.776. The van der Waals surface area contributed by atoms with Gasteiger partial charge in [0, 0.05) is 30.7 Å². The Morgan fingerprint density at radius 1 is 1.22 bits per heavy atom. The lowest BCUT2D eigenvalue weighted by Gasteiger charge is -2.15. The standard InChI is InChI=1S/C15H23N3/c1-17(10-5-9-16)11-8-13-12-18(2)15-7-4-3-6-14(13)15/h3-4,6-7,12H,5,8-11,16H2,1-2H3. The predicted molar refractivity (Wildman–Crippen MR) is 77.8 cm³/mol. The molecule has 0 spiro atoms. The Hall–Kier alpha value is -1.32. The van der Waals surface area contributed by atoms with Crippen LogP contribution in [0.1, 0.15) is 12.0 Å². The van der Waals surface area contributed by atoms with Gasteiger partial charge in [-0.2, -0.15) is 0 Å². The van der Waals surface area contributed by atoms with Crippen LogP contribution in [0.5, 0.6) is 0 Å². The van der Waals surface area contributed by atoms with Crippen molar-refractivity contribution in [2.75, 3.05) is 26.7 Å². The van der Waals surface area contributed by atoms with E-state index in [0.717, 1.165) is 32.5 Å². The molecule has 0 bridgehead atoms. The van der Waals surface area contributed by atoms with E-state index < -0.39 is 0 Å². The molecule has 0 atom stereocenters. The summed E-state index contributed by atoms with van der Waals surface area (Å²) in [6.45, 7) is 2.95. The van der Waals surface area contributed by atoms with Crippen molar-refractivity contribution in [3.63, 3.8) is 0 Å². The molecule has 2 rings (SSSR count). The topological polar surface area (TPSA) is 34.2 Å². The molecule has 0 radical (unpaired) electrons. The molecule has 0 saturated heterocycles. The summed E-state index contributed by atoms with van der Waals surface area (Å²) < 4.78 is 2.21. The van der Waals surface area contributed by atoms with E-state index >= 15 is 0 Å². The van der Waals surface area contributed by atoms with Crippen LogP contribution in [0.15, 0.2) is 30.5 Å². The smallest absolute Gasteiger partial charge is 0.0480 e. The molecule has 98 valence electrons. The van der Waals surface area contributed by atoms with E-state index in [2.05, 4.69) is 54.0 Å².